The Bertz CT molecular complexity index is 253. The highest BCUT2D eigenvalue weighted by Gasteiger charge is 2.42. The lowest BCUT2D eigenvalue weighted by Crippen LogP contribution is -2.50. The molecule has 1 heterocycles. The molecule has 16 heavy (non-hydrogen) atoms. The first-order valence-corrected chi connectivity index (χ1v) is 6.15. The zero-order valence-electron chi connectivity index (χ0n) is 10.1. The Hall–Kier alpha value is -0.280. The van der Waals surface area contributed by atoms with E-state index in [1.54, 1.807) is 0 Å². The molecule has 1 aliphatic heterocycles. The number of amides is 1. The third-order valence-corrected chi connectivity index (χ3v) is 4.11. The number of nitrogens with two attached hydrogens (primary N) is 1. The molecule has 0 aromatic rings. The number of likely N-dealkylation sites (tertiary alicyclic amines) is 1. The van der Waals surface area contributed by atoms with Crippen molar-refractivity contribution in [2.75, 3.05) is 19.6 Å². The molecule has 0 aromatic heterocycles. The van der Waals surface area contributed by atoms with Gasteiger partial charge in [0.1, 0.15) is 0 Å². The van der Waals surface area contributed by atoms with Gasteiger partial charge in [-0.3, -0.25) is 4.79 Å². The summed E-state index contributed by atoms with van der Waals surface area (Å²) in [5, 5.41) is 0. The van der Waals surface area contributed by atoms with Gasteiger partial charge < -0.3 is 10.6 Å². The van der Waals surface area contributed by atoms with Gasteiger partial charge in [0.05, 0.1) is 0 Å². The highest BCUT2D eigenvalue weighted by atomic mass is 35.5. The first-order chi connectivity index (χ1) is 7.15. The van der Waals surface area contributed by atoms with Crippen LogP contribution in [0.15, 0.2) is 0 Å². The topological polar surface area (TPSA) is 46.3 Å². The maximum atomic E-state index is 12.2. The van der Waals surface area contributed by atoms with Crippen LogP contribution in [0, 0.1) is 11.3 Å². The van der Waals surface area contributed by atoms with E-state index < -0.39 is 0 Å². The predicted molar refractivity (Wildman–Crippen MR) is 67.6 cm³/mol. The highest BCUT2D eigenvalue weighted by Crippen LogP contribution is 2.42. The Kier molecular flexibility index (Phi) is 4.62. The van der Waals surface area contributed by atoms with Crippen LogP contribution < -0.4 is 5.73 Å². The van der Waals surface area contributed by atoms with E-state index in [4.69, 9.17) is 5.73 Å². The van der Waals surface area contributed by atoms with Gasteiger partial charge in [-0.05, 0) is 38.1 Å². The van der Waals surface area contributed by atoms with Crippen LogP contribution >= 0.6 is 12.4 Å². The van der Waals surface area contributed by atoms with Crippen molar-refractivity contribution in [1.29, 1.82) is 0 Å². The third kappa shape index (κ3) is 2.51. The van der Waals surface area contributed by atoms with E-state index >= 15 is 0 Å². The van der Waals surface area contributed by atoms with E-state index in [9.17, 15) is 4.79 Å². The molecule has 1 aliphatic carbocycles. The summed E-state index contributed by atoms with van der Waals surface area (Å²) in [5.74, 6) is 0.915. The lowest BCUT2D eigenvalue weighted by atomic mass is 9.69. The fourth-order valence-corrected chi connectivity index (χ4v) is 2.74. The Balaban J connectivity index is 0.00000128. The van der Waals surface area contributed by atoms with Crippen LogP contribution in [0.25, 0.3) is 0 Å². The van der Waals surface area contributed by atoms with Crippen molar-refractivity contribution in [3.63, 3.8) is 0 Å². The van der Waals surface area contributed by atoms with Crippen LogP contribution in [0.5, 0.6) is 0 Å². The standard InChI is InChI=1S/C12H22N2O.ClH/c1-12(5-3-6-12)11(15)14-7-2-4-10(8-13)9-14;/h10H,2-9,13H2,1H3;1H. The number of hydrogen-bond donors (Lipinski definition) is 1. The first-order valence-electron chi connectivity index (χ1n) is 6.15. The molecule has 4 heteroatoms. The summed E-state index contributed by atoms with van der Waals surface area (Å²) in [6.45, 7) is 4.68. The second kappa shape index (κ2) is 5.37. The van der Waals surface area contributed by atoms with Gasteiger partial charge in [0.2, 0.25) is 5.91 Å². The molecule has 2 fully saturated rings. The van der Waals surface area contributed by atoms with Gasteiger partial charge in [-0.15, -0.1) is 12.4 Å². The molecule has 1 amide bonds. The Morgan fingerprint density at radius 3 is 2.62 bits per heavy atom. The summed E-state index contributed by atoms with van der Waals surface area (Å²) >= 11 is 0. The van der Waals surface area contributed by atoms with Gasteiger partial charge >= 0.3 is 0 Å². The molecule has 0 aromatic carbocycles. The van der Waals surface area contributed by atoms with Crippen molar-refractivity contribution in [1.82, 2.24) is 4.90 Å². The molecular weight excluding hydrogens is 224 g/mol. The summed E-state index contributed by atoms with van der Waals surface area (Å²) in [7, 11) is 0. The summed E-state index contributed by atoms with van der Waals surface area (Å²) < 4.78 is 0. The number of carbonyl (C=O) groups excluding carboxylic acids is 1. The number of halogens is 1. The maximum absolute atomic E-state index is 12.2. The van der Waals surface area contributed by atoms with Crippen molar-refractivity contribution in [2.45, 2.75) is 39.0 Å². The zero-order valence-corrected chi connectivity index (χ0v) is 10.9. The first kappa shape index (κ1) is 13.8. The molecule has 1 unspecified atom stereocenters. The largest absolute Gasteiger partial charge is 0.342 e. The fourth-order valence-electron chi connectivity index (χ4n) is 2.74. The second-order valence-electron chi connectivity index (χ2n) is 5.41. The lowest BCUT2D eigenvalue weighted by molar-refractivity contribution is -0.147. The van der Waals surface area contributed by atoms with E-state index in [-0.39, 0.29) is 17.8 Å². The molecule has 2 aliphatic rings. The molecule has 2 rings (SSSR count). The van der Waals surface area contributed by atoms with Gasteiger partial charge in [0, 0.05) is 18.5 Å². The van der Waals surface area contributed by atoms with Crippen LogP contribution in [0.1, 0.15) is 39.0 Å². The SMILES string of the molecule is CC1(C(=O)N2CCCC(CN)C2)CCC1.Cl. The van der Waals surface area contributed by atoms with Crippen molar-refractivity contribution in [3.8, 4) is 0 Å². The van der Waals surface area contributed by atoms with E-state index in [0.717, 1.165) is 38.9 Å². The molecular formula is C12H23ClN2O. The van der Waals surface area contributed by atoms with Crippen molar-refractivity contribution < 1.29 is 4.79 Å². The Labute approximate surface area is 104 Å². The second-order valence-corrected chi connectivity index (χ2v) is 5.41. The van der Waals surface area contributed by atoms with E-state index in [1.165, 1.54) is 12.8 Å². The van der Waals surface area contributed by atoms with Crippen molar-refractivity contribution >= 4 is 18.3 Å². The molecule has 3 nitrogen and oxygen atoms in total. The molecule has 1 saturated heterocycles. The van der Waals surface area contributed by atoms with Gasteiger partial charge in [-0.1, -0.05) is 13.3 Å². The Morgan fingerprint density at radius 2 is 2.12 bits per heavy atom. The number of piperidine rings is 1. The minimum atomic E-state index is -0.0313. The summed E-state index contributed by atoms with van der Waals surface area (Å²) in [4.78, 5) is 14.3. The molecule has 0 spiro atoms. The maximum Gasteiger partial charge on any atom is 0.228 e. The van der Waals surface area contributed by atoms with Crippen molar-refractivity contribution in [3.05, 3.63) is 0 Å². The molecule has 2 N–H and O–H groups in total. The third-order valence-electron chi connectivity index (χ3n) is 4.11. The number of hydrogen-bond acceptors (Lipinski definition) is 2. The van der Waals surface area contributed by atoms with Gasteiger partial charge in [0.25, 0.3) is 0 Å². The van der Waals surface area contributed by atoms with Crippen LogP contribution in [-0.4, -0.2) is 30.4 Å². The highest BCUT2D eigenvalue weighted by molar-refractivity contribution is 5.85. The molecule has 1 saturated carbocycles. The normalized spacial score (nSPS) is 27.9. The number of rotatable bonds is 2. The van der Waals surface area contributed by atoms with Crippen LogP contribution in [-0.2, 0) is 4.79 Å². The van der Waals surface area contributed by atoms with Gasteiger partial charge in [0.15, 0.2) is 0 Å². The van der Waals surface area contributed by atoms with Gasteiger partial charge in [-0.25, -0.2) is 0 Å². The summed E-state index contributed by atoms with van der Waals surface area (Å²) in [6, 6.07) is 0. The number of nitrogens with zero attached hydrogens (tertiary/aromatic N) is 1. The van der Waals surface area contributed by atoms with Crippen LogP contribution in [0.2, 0.25) is 0 Å². The van der Waals surface area contributed by atoms with Gasteiger partial charge in [-0.2, -0.15) is 0 Å². The lowest BCUT2D eigenvalue weighted by Gasteiger charge is -2.43. The molecule has 1 atom stereocenters. The smallest absolute Gasteiger partial charge is 0.228 e. The molecule has 0 bridgehead atoms. The monoisotopic (exact) mass is 246 g/mol. The van der Waals surface area contributed by atoms with E-state index in [2.05, 4.69) is 11.8 Å². The van der Waals surface area contributed by atoms with Crippen LogP contribution in [0.3, 0.4) is 0 Å². The van der Waals surface area contributed by atoms with E-state index in [1.807, 2.05) is 0 Å². The predicted octanol–water partition coefficient (Wildman–Crippen LogP) is 1.80. The zero-order chi connectivity index (χ0) is 10.9. The summed E-state index contributed by atoms with van der Waals surface area (Å²) in [6.07, 6.45) is 5.70. The van der Waals surface area contributed by atoms with Crippen LogP contribution in [0.4, 0.5) is 0 Å². The van der Waals surface area contributed by atoms with Crippen molar-refractivity contribution in [2.24, 2.45) is 17.1 Å². The summed E-state index contributed by atoms with van der Waals surface area (Å²) in [5.41, 5.74) is 5.65. The number of carbonyl (C=O) groups is 1. The Morgan fingerprint density at radius 1 is 1.44 bits per heavy atom. The molecule has 0 radical (unpaired) electrons. The average molecular weight is 247 g/mol. The minimum absolute atomic E-state index is 0. The molecule has 94 valence electrons. The minimum Gasteiger partial charge on any atom is -0.342 e. The van der Waals surface area contributed by atoms with E-state index in [0.29, 0.717) is 11.8 Å². The average Bonchev–Trinajstić information content (AvgIpc) is 2.25. The quantitative estimate of drug-likeness (QED) is 0.808. The fraction of sp³-hybridized carbons (Fsp3) is 0.917.